The van der Waals surface area contributed by atoms with E-state index in [-0.39, 0.29) is 0 Å². The Labute approximate surface area is 102 Å². The average molecular weight is 335 g/mol. The Bertz CT molecular complexity index is 497. The van der Waals surface area contributed by atoms with Gasteiger partial charge in [-0.05, 0) is 30.4 Å². The number of H-pyrrole nitrogens is 2. The molecule has 6 heteroatoms. The maximum absolute atomic E-state index is 4.88. The molecule has 14 heavy (non-hydrogen) atoms. The second-order valence-electron chi connectivity index (χ2n) is 2.67. The molecule has 0 fully saturated rings. The first-order chi connectivity index (χ1) is 6.65. The zero-order valence-corrected chi connectivity index (χ0v) is 10.8. The lowest BCUT2D eigenvalue weighted by Crippen LogP contribution is -1.81. The van der Waals surface area contributed by atoms with Crippen molar-refractivity contribution in [3.05, 3.63) is 31.9 Å². The maximum atomic E-state index is 4.88. The minimum absolute atomic E-state index is 0.455. The van der Waals surface area contributed by atoms with Gasteiger partial charge in [-0.25, -0.2) is 0 Å². The van der Waals surface area contributed by atoms with Crippen LogP contribution in [-0.2, 0) is 0 Å². The first-order valence-corrected chi connectivity index (χ1v) is 5.76. The molecular weight excluding hydrogens is 330 g/mol. The SMILES string of the molecule is S=c1nc(-c2cc(Br)cc(Br)c2)[nH][nH]1. The lowest BCUT2D eigenvalue weighted by atomic mass is 10.2. The quantitative estimate of drug-likeness (QED) is 0.782. The topological polar surface area (TPSA) is 44.5 Å². The molecule has 0 saturated heterocycles. The van der Waals surface area contributed by atoms with E-state index in [0.29, 0.717) is 4.77 Å². The van der Waals surface area contributed by atoms with Gasteiger partial charge in [0.1, 0.15) is 0 Å². The molecule has 0 saturated carbocycles. The summed E-state index contributed by atoms with van der Waals surface area (Å²) in [5, 5.41) is 5.65. The van der Waals surface area contributed by atoms with E-state index in [1.165, 1.54) is 0 Å². The third-order valence-electron chi connectivity index (χ3n) is 1.64. The van der Waals surface area contributed by atoms with Gasteiger partial charge in [-0.15, -0.1) is 0 Å². The molecule has 2 rings (SSSR count). The van der Waals surface area contributed by atoms with Crippen LogP contribution in [0.4, 0.5) is 0 Å². The van der Waals surface area contributed by atoms with E-state index in [1.807, 2.05) is 18.2 Å². The van der Waals surface area contributed by atoms with Crippen LogP contribution in [0, 0.1) is 4.77 Å². The number of hydrogen-bond acceptors (Lipinski definition) is 2. The van der Waals surface area contributed by atoms with Crippen molar-refractivity contribution < 1.29 is 0 Å². The van der Waals surface area contributed by atoms with Gasteiger partial charge < -0.3 is 0 Å². The smallest absolute Gasteiger partial charge is 0.213 e. The van der Waals surface area contributed by atoms with Crippen LogP contribution in [0.2, 0.25) is 0 Å². The zero-order valence-electron chi connectivity index (χ0n) is 6.84. The number of rotatable bonds is 1. The van der Waals surface area contributed by atoms with Crippen molar-refractivity contribution in [1.29, 1.82) is 0 Å². The van der Waals surface area contributed by atoms with E-state index < -0.39 is 0 Å². The van der Waals surface area contributed by atoms with Crippen LogP contribution in [0.3, 0.4) is 0 Å². The van der Waals surface area contributed by atoms with Crippen molar-refractivity contribution in [2.24, 2.45) is 0 Å². The Morgan fingerprint density at radius 3 is 2.21 bits per heavy atom. The van der Waals surface area contributed by atoms with Crippen LogP contribution >= 0.6 is 44.1 Å². The van der Waals surface area contributed by atoms with Gasteiger partial charge in [0.2, 0.25) is 4.77 Å². The lowest BCUT2D eigenvalue weighted by Gasteiger charge is -1.98. The Morgan fingerprint density at radius 2 is 1.71 bits per heavy atom. The average Bonchev–Trinajstić information content (AvgIpc) is 2.50. The highest BCUT2D eigenvalue weighted by Gasteiger charge is 2.03. The van der Waals surface area contributed by atoms with E-state index in [2.05, 4.69) is 47.0 Å². The van der Waals surface area contributed by atoms with E-state index in [9.17, 15) is 0 Å². The van der Waals surface area contributed by atoms with E-state index in [4.69, 9.17) is 12.2 Å². The lowest BCUT2D eigenvalue weighted by molar-refractivity contribution is 1.08. The zero-order chi connectivity index (χ0) is 10.1. The molecule has 72 valence electrons. The summed E-state index contributed by atoms with van der Waals surface area (Å²) in [7, 11) is 0. The normalized spacial score (nSPS) is 10.4. The number of aromatic amines is 2. The number of aromatic nitrogens is 3. The molecule has 2 N–H and O–H groups in total. The molecule has 0 bridgehead atoms. The van der Waals surface area contributed by atoms with Gasteiger partial charge in [-0.2, -0.15) is 4.98 Å². The Hall–Kier alpha value is -0.460. The number of halogens is 2. The van der Waals surface area contributed by atoms with Crippen molar-refractivity contribution in [2.75, 3.05) is 0 Å². The molecule has 0 radical (unpaired) electrons. The van der Waals surface area contributed by atoms with Gasteiger partial charge in [0.15, 0.2) is 5.82 Å². The molecular formula is C8H5Br2N3S. The highest BCUT2D eigenvalue weighted by molar-refractivity contribution is 9.11. The maximum Gasteiger partial charge on any atom is 0.213 e. The number of nitrogens with zero attached hydrogens (tertiary/aromatic N) is 1. The summed E-state index contributed by atoms with van der Waals surface area (Å²) in [5.41, 5.74) is 0.971. The molecule has 0 aliphatic carbocycles. The molecule has 0 amide bonds. The number of nitrogens with one attached hydrogen (secondary N) is 2. The van der Waals surface area contributed by atoms with Crippen molar-refractivity contribution in [2.45, 2.75) is 0 Å². The molecule has 3 nitrogen and oxygen atoms in total. The van der Waals surface area contributed by atoms with Gasteiger partial charge >= 0.3 is 0 Å². The van der Waals surface area contributed by atoms with E-state index in [1.54, 1.807) is 0 Å². The van der Waals surface area contributed by atoms with Gasteiger partial charge in [0.25, 0.3) is 0 Å². The molecule has 0 unspecified atom stereocenters. The monoisotopic (exact) mass is 333 g/mol. The van der Waals surface area contributed by atoms with Gasteiger partial charge in [0, 0.05) is 14.5 Å². The predicted molar refractivity (Wildman–Crippen MR) is 64.6 cm³/mol. The van der Waals surface area contributed by atoms with Crippen molar-refractivity contribution >= 4 is 44.1 Å². The highest BCUT2D eigenvalue weighted by atomic mass is 79.9. The Balaban J connectivity index is 2.56. The summed E-state index contributed by atoms with van der Waals surface area (Å²) in [5.74, 6) is 0.733. The number of hydrogen-bond donors (Lipinski definition) is 2. The van der Waals surface area contributed by atoms with Gasteiger partial charge in [-0.3, -0.25) is 10.2 Å². The molecule has 0 spiro atoms. The minimum Gasteiger partial charge on any atom is -0.282 e. The summed E-state index contributed by atoms with van der Waals surface area (Å²) in [4.78, 5) is 4.13. The summed E-state index contributed by atoms with van der Waals surface area (Å²) >= 11 is 11.7. The fourth-order valence-corrected chi connectivity index (χ4v) is 2.53. The van der Waals surface area contributed by atoms with Crippen LogP contribution in [0.5, 0.6) is 0 Å². The third kappa shape index (κ3) is 2.13. The third-order valence-corrected chi connectivity index (χ3v) is 2.75. The summed E-state index contributed by atoms with van der Waals surface area (Å²) in [6.45, 7) is 0. The first kappa shape index (κ1) is 10.1. The first-order valence-electron chi connectivity index (χ1n) is 3.76. The van der Waals surface area contributed by atoms with Crippen molar-refractivity contribution in [3.63, 3.8) is 0 Å². The van der Waals surface area contributed by atoms with Crippen LogP contribution in [0.1, 0.15) is 0 Å². The number of benzene rings is 1. The van der Waals surface area contributed by atoms with Gasteiger partial charge in [0.05, 0.1) is 0 Å². The van der Waals surface area contributed by atoms with Crippen LogP contribution < -0.4 is 0 Å². The summed E-state index contributed by atoms with van der Waals surface area (Å²) in [6, 6.07) is 5.89. The largest absolute Gasteiger partial charge is 0.282 e. The highest BCUT2D eigenvalue weighted by Crippen LogP contribution is 2.25. The summed E-state index contributed by atoms with van der Waals surface area (Å²) < 4.78 is 2.43. The molecule has 1 aromatic heterocycles. The van der Waals surface area contributed by atoms with Crippen molar-refractivity contribution in [3.8, 4) is 11.4 Å². The van der Waals surface area contributed by atoms with Crippen LogP contribution in [0.25, 0.3) is 11.4 Å². The predicted octanol–water partition coefficient (Wildman–Crippen LogP) is 3.66. The molecule has 0 atom stereocenters. The van der Waals surface area contributed by atoms with E-state index >= 15 is 0 Å². The fourth-order valence-electron chi connectivity index (χ4n) is 1.10. The van der Waals surface area contributed by atoms with Crippen molar-refractivity contribution in [1.82, 2.24) is 15.2 Å². The molecule has 2 aromatic rings. The van der Waals surface area contributed by atoms with Crippen LogP contribution in [-0.4, -0.2) is 15.2 Å². The standard InChI is InChI=1S/C8H5Br2N3S/c9-5-1-4(2-6(10)3-5)7-11-8(14)13-12-7/h1-3H,(H2,11,12,13,14). The Kier molecular flexibility index (Phi) is 2.85. The second-order valence-corrected chi connectivity index (χ2v) is 4.89. The summed E-state index contributed by atoms with van der Waals surface area (Å²) in [6.07, 6.45) is 0. The molecule has 0 aliphatic rings. The van der Waals surface area contributed by atoms with Gasteiger partial charge in [-0.1, -0.05) is 31.9 Å². The molecule has 0 aliphatic heterocycles. The fraction of sp³-hybridized carbons (Fsp3) is 0. The minimum atomic E-state index is 0.455. The molecule has 1 aromatic carbocycles. The Morgan fingerprint density at radius 1 is 1.07 bits per heavy atom. The van der Waals surface area contributed by atoms with E-state index in [0.717, 1.165) is 20.3 Å². The molecule has 1 heterocycles. The second kappa shape index (κ2) is 3.96. The van der Waals surface area contributed by atoms with Crippen LogP contribution in [0.15, 0.2) is 27.1 Å².